The predicted octanol–water partition coefficient (Wildman–Crippen LogP) is 2.39. The lowest BCUT2D eigenvalue weighted by Gasteiger charge is -2.57. The SMILES string of the molecule is C=C1C(=O)O[C@@H]2[C@H]1CC[C@@]1(C)C[C@@H](OC(C)=O)CC(=C)[C@]21OO. The second-order valence-electron chi connectivity index (χ2n) is 7.13. The van der Waals surface area contributed by atoms with Crippen molar-refractivity contribution < 1.29 is 29.2 Å². The molecule has 1 aliphatic heterocycles. The van der Waals surface area contributed by atoms with E-state index in [-0.39, 0.29) is 18.0 Å². The van der Waals surface area contributed by atoms with E-state index in [1.165, 1.54) is 6.92 Å². The first-order valence-electron chi connectivity index (χ1n) is 7.83. The van der Waals surface area contributed by atoms with Crippen molar-refractivity contribution in [3.05, 3.63) is 24.3 Å². The molecule has 3 aliphatic rings. The van der Waals surface area contributed by atoms with Crippen LogP contribution in [0.3, 0.4) is 0 Å². The summed E-state index contributed by atoms with van der Waals surface area (Å²) in [6, 6.07) is 0. The molecule has 23 heavy (non-hydrogen) atoms. The van der Waals surface area contributed by atoms with Crippen LogP contribution in [0.5, 0.6) is 0 Å². The smallest absolute Gasteiger partial charge is 0.334 e. The Balaban J connectivity index is 2.00. The zero-order valence-corrected chi connectivity index (χ0v) is 13.5. The summed E-state index contributed by atoms with van der Waals surface area (Å²) in [5.74, 6) is -0.987. The highest BCUT2D eigenvalue weighted by molar-refractivity contribution is 5.91. The molecule has 0 unspecified atom stereocenters. The second-order valence-corrected chi connectivity index (χ2v) is 7.13. The zero-order valence-electron chi connectivity index (χ0n) is 13.5. The van der Waals surface area contributed by atoms with Crippen LogP contribution in [0.25, 0.3) is 0 Å². The highest BCUT2D eigenvalue weighted by atomic mass is 17.1. The quantitative estimate of drug-likeness (QED) is 0.276. The Bertz CT molecular complexity index is 596. The summed E-state index contributed by atoms with van der Waals surface area (Å²) in [6.07, 6.45) is 1.31. The van der Waals surface area contributed by atoms with Crippen LogP contribution < -0.4 is 0 Å². The fourth-order valence-corrected chi connectivity index (χ4v) is 4.73. The van der Waals surface area contributed by atoms with Gasteiger partial charge in [-0.3, -0.25) is 10.1 Å². The average molecular weight is 322 g/mol. The largest absolute Gasteiger partial charge is 0.462 e. The van der Waals surface area contributed by atoms with Gasteiger partial charge in [0.1, 0.15) is 12.2 Å². The zero-order chi connectivity index (χ0) is 17.0. The number of rotatable bonds is 2. The van der Waals surface area contributed by atoms with Gasteiger partial charge < -0.3 is 9.47 Å². The monoisotopic (exact) mass is 322 g/mol. The maximum atomic E-state index is 11.9. The Kier molecular flexibility index (Phi) is 3.65. The Morgan fingerprint density at radius 3 is 2.74 bits per heavy atom. The van der Waals surface area contributed by atoms with Crippen LogP contribution in [-0.2, 0) is 24.0 Å². The summed E-state index contributed by atoms with van der Waals surface area (Å²) in [5.41, 5.74) is -0.745. The first-order chi connectivity index (χ1) is 10.7. The fourth-order valence-electron chi connectivity index (χ4n) is 4.73. The molecular weight excluding hydrogens is 300 g/mol. The molecule has 2 aliphatic carbocycles. The molecule has 3 fully saturated rings. The van der Waals surface area contributed by atoms with Crippen LogP contribution >= 0.6 is 0 Å². The van der Waals surface area contributed by atoms with E-state index in [1.807, 2.05) is 6.92 Å². The maximum absolute atomic E-state index is 11.9. The van der Waals surface area contributed by atoms with Gasteiger partial charge in [0.25, 0.3) is 0 Å². The molecule has 0 spiro atoms. The standard InChI is InChI=1S/C17H22O6/c1-9-7-12(21-11(3)18)8-16(4)6-5-13-10(2)15(19)22-14(13)17(9,16)23-20/h12-14,20H,1-2,5-8H2,3-4H3/t12-,13-,14+,16-,17-/m0/s1. The Labute approximate surface area is 135 Å². The van der Waals surface area contributed by atoms with Gasteiger partial charge >= 0.3 is 11.9 Å². The van der Waals surface area contributed by atoms with Crippen LogP contribution in [0.2, 0.25) is 0 Å². The second kappa shape index (κ2) is 5.18. The predicted molar refractivity (Wildman–Crippen MR) is 80.2 cm³/mol. The molecule has 5 atom stereocenters. The third kappa shape index (κ3) is 2.08. The van der Waals surface area contributed by atoms with Gasteiger partial charge in [0.15, 0.2) is 5.60 Å². The average Bonchev–Trinajstić information content (AvgIpc) is 2.73. The van der Waals surface area contributed by atoms with Gasteiger partial charge in [-0.2, -0.15) is 0 Å². The molecule has 6 nitrogen and oxygen atoms in total. The normalized spacial score (nSPS) is 42.7. The lowest BCUT2D eigenvalue weighted by Crippen LogP contribution is -2.65. The van der Waals surface area contributed by atoms with E-state index < -0.39 is 23.1 Å². The molecule has 0 aromatic carbocycles. The van der Waals surface area contributed by atoms with Crippen LogP contribution in [0.4, 0.5) is 0 Å². The number of hydrogen-bond donors (Lipinski definition) is 1. The molecule has 0 amide bonds. The number of ether oxygens (including phenoxy) is 2. The van der Waals surface area contributed by atoms with Crippen molar-refractivity contribution in [1.82, 2.24) is 0 Å². The van der Waals surface area contributed by atoms with Crippen molar-refractivity contribution in [3.8, 4) is 0 Å². The van der Waals surface area contributed by atoms with Crippen molar-refractivity contribution >= 4 is 11.9 Å². The Morgan fingerprint density at radius 2 is 2.13 bits per heavy atom. The summed E-state index contributed by atoms with van der Waals surface area (Å²) in [7, 11) is 0. The van der Waals surface area contributed by atoms with E-state index in [0.29, 0.717) is 36.8 Å². The third-order valence-corrected chi connectivity index (χ3v) is 5.77. The Morgan fingerprint density at radius 1 is 1.43 bits per heavy atom. The molecule has 1 N–H and O–H groups in total. The summed E-state index contributed by atoms with van der Waals surface area (Å²) in [5, 5.41) is 9.81. The number of hydrogen-bond acceptors (Lipinski definition) is 6. The molecule has 0 aromatic rings. The van der Waals surface area contributed by atoms with Gasteiger partial charge in [-0.05, 0) is 24.8 Å². The lowest BCUT2D eigenvalue weighted by molar-refractivity contribution is -0.376. The van der Waals surface area contributed by atoms with Crippen LogP contribution in [-0.4, -0.2) is 35.0 Å². The summed E-state index contributed by atoms with van der Waals surface area (Å²) < 4.78 is 10.9. The van der Waals surface area contributed by atoms with E-state index in [1.54, 1.807) is 0 Å². The minimum Gasteiger partial charge on any atom is -0.462 e. The molecule has 0 radical (unpaired) electrons. The van der Waals surface area contributed by atoms with E-state index in [4.69, 9.17) is 14.4 Å². The molecule has 0 bridgehead atoms. The van der Waals surface area contributed by atoms with Crippen LogP contribution in [0.15, 0.2) is 24.3 Å². The van der Waals surface area contributed by atoms with Crippen LogP contribution in [0.1, 0.15) is 39.5 Å². The summed E-state index contributed by atoms with van der Waals surface area (Å²) >= 11 is 0. The highest BCUT2D eigenvalue weighted by Crippen LogP contribution is 2.61. The summed E-state index contributed by atoms with van der Waals surface area (Å²) in [6.45, 7) is 11.2. The minimum absolute atomic E-state index is 0.190. The first-order valence-corrected chi connectivity index (χ1v) is 7.83. The topological polar surface area (TPSA) is 82.1 Å². The number of fused-ring (bicyclic) bond motifs is 3. The van der Waals surface area contributed by atoms with E-state index in [9.17, 15) is 14.8 Å². The highest BCUT2D eigenvalue weighted by Gasteiger charge is 2.68. The molecule has 0 aromatic heterocycles. The third-order valence-electron chi connectivity index (χ3n) is 5.77. The van der Waals surface area contributed by atoms with Crippen molar-refractivity contribution in [2.75, 3.05) is 0 Å². The van der Waals surface area contributed by atoms with Gasteiger partial charge in [-0.25, -0.2) is 9.68 Å². The van der Waals surface area contributed by atoms with Crippen molar-refractivity contribution in [2.45, 2.75) is 57.3 Å². The molecule has 126 valence electrons. The fraction of sp³-hybridized carbons (Fsp3) is 0.647. The van der Waals surface area contributed by atoms with Gasteiger partial charge in [0, 0.05) is 30.3 Å². The van der Waals surface area contributed by atoms with Crippen LogP contribution in [0, 0.1) is 11.3 Å². The van der Waals surface area contributed by atoms with E-state index >= 15 is 0 Å². The van der Waals surface area contributed by atoms with Crippen molar-refractivity contribution in [2.24, 2.45) is 11.3 Å². The molecular formula is C17H22O6. The minimum atomic E-state index is -1.19. The maximum Gasteiger partial charge on any atom is 0.334 e. The molecule has 6 heteroatoms. The van der Waals surface area contributed by atoms with Gasteiger partial charge in [0.05, 0.1) is 0 Å². The summed E-state index contributed by atoms with van der Waals surface area (Å²) in [4.78, 5) is 28.2. The molecule has 2 saturated carbocycles. The lowest BCUT2D eigenvalue weighted by atomic mass is 9.52. The van der Waals surface area contributed by atoms with E-state index in [2.05, 4.69) is 13.2 Å². The Hall–Kier alpha value is -1.66. The van der Waals surface area contributed by atoms with Crippen molar-refractivity contribution in [3.63, 3.8) is 0 Å². The molecule has 3 rings (SSSR count). The van der Waals surface area contributed by atoms with E-state index in [0.717, 1.165) is 0 Å². The first kappa shape index (κ1) is 16.2. The number of carbonyl (C=O) groups is 2. The van der Waals surface area contributed by atoms with Gasteiger partial charge in [-0.1, -0.05) is 20.1 Å². The van der Waals surface area contributed by atoms with Gasteiger partial charge in [0.2, 0.25) is 0 Å². The number of carbonyl (C=O) groups excluding carboxylic acids is 2. The van der Waals surface area contributed by atoms with Crippen molar-refractivity contribution in [1.29, 1.82) is 0 Å². The number of esters is 2. The molecule has 1 saturated heterocycles. The van der Waals surface area contributed by atoms with Gasteiger partial charge in [-0.15, -0.1) is 0 Å². The molecule has 1 heterocycles.